The molecule has 0 aromatic carbocycles. The summed E-state index contributed by atoms with van der Waals surface area (Å²) in [4.78, 5) is 11.5. The van der Waals surface area contributed by atoms with E-state index in [-0.39, 0.29) is 18.0 Å². The van der Waals surface area contributed by atoms with Crippen molar-refractivity contribution >= 4 is 13.2 Å². The molecule has 16 heavy (non-hydrogen) atoms. The molecule has 94 valence electrons. The van der Waals surface area contributed by atoms with Gasteiger partial charge in [0.2, 0.25) is 7.37 Å². The van der Waals surface area contributed by atoms with Gasteiger partial charge in [0.15, 0.2) is 12.1 Å². The highest BCUT2D eigenvalue weighted by Gasteiger charge is 2.39. The number of rotatable bonds is 5. The SMILES string of the molecule is CCOP(C)(=O)CO[C@H]1O[C@@H](C)C(=O)[C@H]1C. The molecule has 0 bridgehead atoms. The fourth-order valence-electron chi connectivity index (χ4n) is 1.59. The summed E-state index contributed by atoms with van der Waals surface area (Å²) in [5.41, 5.74) is 0. The Morgan fingerprint density at radius 3 is 2.50 bits per heavy atom. The van der Waals surface area contributed by atoms with Crippen molar-refractivity contribution in [1.82, 2.24) is 0 Å². The Morgan fingerprint density at radius 1 is 1.44 bits per heavy atom. The number of carbonyl (C=O) groups is 1. The third kappa shape index (κ3) is 3.39. The number of hydrogen-bond acceptors (Lipinski definition) is 5. The quantitative estimate of drug-likeness (QED) is 0.697. The van der Waals surface area contributed by atoms with Crippen LogP contribution in [0.4, 0.5) is 0 Å². The average molecular weight is 250 g/mol. The molecule has 1 aliphatic rings. The highest BCUT2D eigenvalue weighted by atomic mass is 31.2. The van der Waals surface area contributed by atoms with E-state index in [1.807, 2.05) is 0 Å². The zero-order chi connectivity index (χ0) is 12.3. The van der Waals surface area contributed by atoms with Crippen LogP contribution in [-0.4, -0.2) is 37.8 Å². The molecular weight excluding hydrogens is 231 g/mol. The summed E-state index contributed by atoms with van der Waals surface area (Å²) in [5.74, 6) is -0.288. The summed E-state index contributed by atoms with van der Waals surface area (Å²) in [5, 5.41) is 0. The number of ketones is 1. The zero-order valence-electron chi connectivity index (χ0n) is 10.1. The topological polar surface area (TPSA) is 61.8 Å². The van der Waals surface area contributed by atoms with E-state index in [1.54, 1.807) is 20.8 Å². The van der Waals surface area contributed by atoms with Gasteiger partial charge in [-0.2, -0.15) is 0 Å². The zero-order valence-corrected chi connectivity index (χ0v) is 11.0. The summed E-state index contributed by atoms with van der Waals surface area (Å²) in [6.07, 6.45) is -1.06. The maximum atomic E-state index is 11.8. The lowest BCUT2D eigenvalue weighted by Gasteiger charge is -2.18. The van der Waals surface area contributed by atoms with E-state index in [2.05, 4.69) is 0 Å². The van der Waals surface area contributed by atoms with Crippen molar-refractivity contribution in [2.45, 2.75) is 33.2 Å². The van der Waals surface area contributed by atoms with Crippen molar-refractivity contribution in [3.05, 3.63) is 0 Å². The van der Waals surface area contributed by atoms with Crippen molar-refractivity contribution in [2.75, 3.05) is 19.6 Å². The summed E-state index contributed by atoms with van der Waals surface area (Å²) in [6.45, 7) is 7.11. The molecule has 0 amide bonds. The second-order valence-corrected chi connectivity index (χ2v) is 6.61. The van der Waals surface area contributed by atoms with Crippen LogP contribution < -0.4 is 0 Å². The van der Waals surface area contributed by atoms with E-state index < -0.39 is 19.8 Å². The summed E-state index contributed by atoms with van der Waals surface area (Å²) >= 11 is 0. The van der Waals surface area contributed by atoms with Gasteiger partial charge in [-0.05, 0) is 13.8 Å². The normalized spacial score (nSPS) is 34.0. The monoisotopic (exact) mass is 250 g/mol. The molecule has 0 spiro atoms. The van der Waals surface area contributed by atoms with Crippen molar-refractivity contribution in [3.63, 3.8) is 0 Å². The Kier molecular flexibility index (Phi) is 4.68. The van der Waals surface area contributed by atoms with E-state index >= 15 is 0 Å². The first kappa shape index (κ1) is 13.8. The molecule has 1 saturated heterocycles. The van der Waals surface area contributed by atoms with E-state index in [4.69, 9.17) is 14.0 Å². The van der Waals surface area contributed by atoms with Crippen LogP contribution >= 0.6 is 7.37 Å². The second-order valence-electron chi connectivity index (χ2n) is 4.07. The molecule has 0 radical (unpaired) electrons. The Hall–Kier alpha value is -0.220. The van der Waals surface area contributed by atoms with Gasteiger partial charge in [0, 0.05) is 6.66 Å². The van der Waals surface area contributed by atoms with Gasteiger partial charge in [0.1, 0.15) is 12.5 Å². The van der Waals surface area contributed by atoms with E-state index in [0.29, 0.717) is 6.61 Å². The molecule has 6 heteroatoms. The van der Waals surface area contributed by atoms with Gasteiger partial charge >= 0.3 is 0 Å². The Balaban J connectivity index is 2.45. The largest absolute Gasteiger partial charge is 0.342 e. The second kappa shape index (κ2) is 5.41. The lowest BCUT2D eigenvalue weighted by Crippen LogP contribution is -2.21. The number of carbonyl (C=O) groups excluding carboxylic acids is 1. The number of hydrogen-bond donors (Lipinski definition) is 0. The molecular formula is C10H19O5P. The lowest BCUT2D eigenvalue weighted by molar-refractivity contribution is -0.134. The van der Waals surface area contributed by atoms with Gasteiger partial charge < -0.3 is 14.0 Å². The number of Topliss-reactive ketones (excluding diaryl/α,β-unsaturated/α-hetero) is 1. The molecule has 4 atom stereocenters. The van der Waals surface area contributed by atoms with Gasteiger partial charge in [0.05, 0.1) is 12.5 Å². The molecule has 0 saturated carbocycles. The van der Waals surface area contributed by atoms with Crippen LogP contribution in [0.3, 0.4) is 0 Å². The standard InChI is InChI=1S/C10H19O5P/c1-5-14-16(4,12)6-13-10-7(2)9(11)8(3)15-10/h7-8,10H,5-6H2,1-4H3/t7-,8+,10+,16?/m1/s1. The minimum absolute atomic E-state index is 0.0180. The lowest BCUT2D eigenvalue weighted by atomic mass is 10.1. The minimum Gasteiger partial charge on any atom is -0.342 e. The summed E-state index contributed by atoms with van der Waals surface area (Å²) < 4.78 is 27.5. The van der Waals surface area contributed by atoms with E-state index in [9.17, 15) is 9.36 Å². The summed E-state index contributed by atoms with van der Waals surface area (Å²) in [6, 6.07) is 0. The van der Waals surface area contributed by atoms with Crippen molar-refractivity contribution < 1.29 is 23.4 Å². The first-order chi connectivity index (χ1) is 7.37. The van der Waals surface area contributed by atoms with Crippen molar-refractivity contribution in [2.24, 2.45) is 5.92 Å². The Labute approximate surface area is 95.9 Å². The molecule has 0 aliphatic carbocycles. The van der Waals surface area contributed by atoms with Crippen LogP contribution in [0, 0.1) is 5.92 Å². The van der Waals surface area contributed by atoms with Gasteiger partial charge in [-0.3, -0.25) is 9.36 Å². The molecule has 1 heterocycles. The highest BCUT2D eigenvalue weighted by Crippen LogP contribution is 2.43. The van der Waals surface area contributed by atoms with Crippen LogP contribution in [0.15, 0.2) is 0 Å². The molecule has 5 nitrogen and oxygen atoms in total. The van der Waals surface area contributed by atoms with Crippen LogP contribution in [0.25, 0.3) is 0 Å². The predicted molar refractivity (Wildman–Crippen MR) is 59.6 cm³/mol. The third-order valence-corrected chi connectivity index (χ3v) is 3.89. The Bertz CT molecular complexity index is 304. The smallest absolute Gasteiger partial charge is 0.225 e. The molecule has 0 aromatic rings. The molecule has 1 aliphatic heterocycles. The van der Waals surface area contributed by atoms with Crippen molar-refractivity contribution in [3.8, 4) is 0 Å². The first-order valence-corrected chi connectivity index (χ1v) is 7.65. The van der Waals surface area contributed by atoms with Gasteiger partial charge in [0.25, 0.3) is 0 Å². The van der Waals surface area contributed by atoms with Gasteiger partial charge in [-0.15, -0.1) is 0 Å². The minimum atomic E-state index is -2.72. The highest BCUT2D eigenvalue weighted by molar-refractivity contribution is 7.57. The van der Waals surface area contributed by atoms with Crippen LogP contribution in [0.1, 0.15) is 20.8 Å². The Morgan fingerprint density at radius 2 is 2.06 bits per heavy atom. The molecule has 1 unspecified atom stereocenters. The fourth-order valence-corrected chi connectivity index (χ4v) is 2.63. The van der Waals surface area contributed by atoms with Crippen molar-refractivity contribution in [1.29, 1.82) is 0 Å². The maximum Gasteiger partial charge on any atom is 0.225 e. The van der Waals surface area contributed by atoms with Crippen LogP contribution in [0.5, 0.6) is 0 Å². The molecule has 1 rings (SSSR count). The summed E-state index contributed by atoms with van der Waals surface area (Å²) in [7, 11) is -2.72. The van der Waals surface area contributed by atoms with Crippen LogP contribution in [0.2, 0.25) is 0 Å². The third-order valence-electron chi connectivity index (χ3n) is 2.47. The van der Waals surface area contributed by atoms with Crippen LogP contribution in [-0.2, 0) is 23.4 Å². The van der Waals surface area contributed by atoms with E-state index in [0.717, 1.165) is 0 Å². The van der Waals surface area contributed by atoms with E-state index in [1.165, 1.54) is 6.66 Å². The molecule has 0 aromatic heterocycles. The molecule has 0 N–H and O–H groups in total. The first-order valence-electron chi connectivity index (χ1n) is 5.39. The molecule has 1 fully saturated rings. The van der Waals surface area contributed by atoms with Gasteiger partial charge in [-0.25, -0.2) is 0 Å². The number of ether oxygens (including phenoxy) is 2. The van der Waals surface area contributed by atoms with Gasteiger partial charge in [-0.1, -0.05) is 6.92 Å². The fraction of sp³-hybridized carbons (Fsp3) is 0.900. The average Bonchev–Trinajstić information content (AvgIpc) is 2.43. The predicted octanol–water partition coefficient (Wildman–Crippen LogP) is 1.85. The maximum absolute atomic E-state index is 11.8.